The zero-order valence-corrected chi connectivity index (χ0v) is 16.5. The molecule has 0 radical (unpaired) electrons. The van der Waals surface area contributed by atoms with Gasteiger partial charge in [0.2, 0.25) is 0 Å². The fraction of sp³-hybridized carbons (Fsp3) is 0.320. The molecule has 0 aromatic heterocycles. The Morgan fingerprint density at radius 1 is 0.556 bits per heavy atom. The Morgan fingerprint density at radius 3 is 1.22 bits per heavy atom. The Morgan fingerprint density at radius 2 is 0.889 bits per heavy atom. The Hall–Kier alpha value is -2.61. The van der Waals surface area contributed by atoms with Gasteiger partial charge in [0.15, 0.2) is 0 Å². The fourth-order valence-electron chi connectivity index (χ4n) is 1.99. The third-order valence-corrected chi connectivity index (χ3v) is 3.35. The van der Waals surface area contributed by atoms with Crippen molar-refractivity contribution in [1.82, 2.24) is 0 Å². The molecule has 0 aromatic carbocycles. The van der Waals surface area contributed by atoms with Crippen LogP contribution in [0.4, 0.5) is 0 Å². The zero-order chi connectivity index (χ0) is 19.8. The van der Waals surface area contributed by atoms with Gasteiger partial charge in [-0.05, 0) is 44.9 Å². The van der Waals surface area contributed by atoms with Gasteiger partial charge in [0.25, 0.3) is 0 Å². The minimum atomic E-state index is -0.923. The van der Waals surface area contributed by atoms with Gasteiger partial charge in [0, 0.05) is 6.08 Å². The van der Waals surface area contributed by atoms with Crippen molar-refractivity contribution >= 4 is 5.97 Å². The van der Waals surface area contributed by atoms with Gasteiger partial charge in [-0.1, -0.05) is 98.1 Å². The van der Waals surface area contributed by atoms with Crippen LogP contribution in [0.15, 0.2) is 97.2 Å². The average molecular weight is 367 g/mol. The van der Waals surface area contributed by atoms with Crippen LogP contribution < -0.4 is 0 Å². The maximum atomic E-state index is 10.3. The number of carboxylic acids is 1. The van der Waals surface area contributed by atoms with Gasteiger partial charge < -0.3 is 5.11 Å². The van der Waals surface area contributed by atoms with Crippen LogP contribution in [-0.2, 0) is 4.79 Å². The van der Waals surface area contributed by atoms with Crippen molar-refractivity contribution in [3.63, 3.8) is 0 Å². The number of hydrogen-bond donors (Lipinski definition) is 1. The highest BCUT2D eigenvalue weighted by molar-refractivity contribution is 5.80. The van der Waals surface area contributed by atoms with E-state index in [1.165, 1.54) is 6.08 Å². The lowest BCUT2D eigenvalue weighted by Crippen LogP contribution is -1.84. The molecule has 27 heavy (non-hydrogen) atoms. The van der Waals surface area contributed by atoms with E-state index in [0.29, 0.717) is 0 Å². The molecule has 0 amide bonds. The Bertz CT molecular complexity index is 581. The molecule has 0 aliphatic carbocycles. The molecule has 0 bridgehead atoms. The standard InChI is InChI=1S/C25H34O2/c1-2-3-4-5-6-7-8-9-10-11-12-13-14-15-16-17-18-19-20-21-22-23-24-25(26)27/h3-4,6-7,9-10,12-13,15-16,18-19,21-24H,2,5,8,11,14,17,20H2,1H3,(H,26,27)/b4-3-,7-6-,10-9-,13-12-,16-15-,19-18-,22-21-,24-23+. The number of rotatable bonds is 15. The molecule has 0 saturated carbocycles. The Kier molecular flexibility index (Phi) is 19.4. The fourth-order valence-corrected chi connectivity index (χ4v) is 1.99. The zero-order valence-electron chi connectivity index (χ0n) is 16.5. The van der Waals surface area contributed by atoms with Gasteiger partial charge >= 0.3 is 5.97 Å². The summed E-state index contributed by atoms with van der Waals surface area (Å²) in [6.45, 7) is 2.15. The third-order valence-electron chi connectivity index (χ3n) is 3.35. The second kappa shape index (κ2) is 21.4. The molecule has 0 rings (SSSR count). The van der Waals surface area contributed by atoms with Crippen LogP contribution in [0.25, 0.3) is 0 Å². The van der Waals surface area contributed by atoms with Crippen molar-refractivity contribution < 1.29 is 9.90 Å². The van der Waals surface area contributed by atoms with Crippen LogP contribution in [0.2, 0.25) is 0 Å². The SMILES string of the molecule is CC/C=C\C/C=C\C/C=C\C/C=C\C/C=C\C/C=C\C/C=C\C=C\C(=O)O. The van der Waals surface area contributed by atoms with Gasteiger partial charge in [-0.3, -0.25) is 0 Å². The molecule has 0 saturated heterocycles. The lowest BCUT2D eigenvalue weighted by molar-refractivity contribution is -0.131. The molecule has 0 aliphatic rings. The van der Waals surface area contributed by atoms with Crippen molar-refractivity contribution in [2.45, 2.75) is 51.9 Å². The number of carboxylic acid groups (broad SMARTS) is 1. The smallest absolute Gasteiger partial charge is 0.328 e. The van der Waals surface area contributed by atoms with Gasteiger partial charge in [-0.2, -0.15) is 0 Å². The molecular formula is C25H34O2. The predicted octanol–water partition coefficient (Wildman–Crippen LogP) is 7.27. The Balaban J connectivity index is 3.59. The molecule has 0 fully saturated rings. The molecule has 0 unspecified atom stereocenters. The summed E-state index contributed by atoms with van der Waals surface area (Å²) < 4.78 is 0. The second-order valence-corrected chi connectivity index (χ2v) is 5.78. The lowest BCUT2D eigenvalue weighted by atomic mass is 10.2. The molecule has 0 aliphatic heterocycles. The summed E-state index contributed by atoms with van der Waals surface area (Å²) in [6, 6.07) is 0. The van der Waals surface area contributed by atoms with Gasteiger partial charge in [-0.25, -0.2) is 4.79 Å². The molecule has 1 N–H and O–H groups in total. The molecule has 2 heteroatoms. The first kappa shape index (κ1) is 24.4. The first-order valence-electron chi connectivity index (χ1n) is 9.73. The van der Waals surface area contributed by atoms with Crippen LogP contribution in [-0.4, -0.2) is 11.1 Å². The number of allylic oxidation sites excluding steroid dienone is 15. The van der Waals surface area contributed by atoms with E-state index in [1.807, 2.05) is 6.08 Å². The van der Waals surface area contributed by atoms with Crippen LogP contribution in [0.3, 0.4) is 0 Å². The maximum Gasteiger partial charge on any atom is 0.328 e. The normalized spacial score (nSPS) is 13.5. The number of hydrogen-bond acceptors (Lipinski definition) is 1. The maximum absolute atomic E-state index is 10.3. The van der Waals surface area contributed by atoms with E-state index < -0.39 is 5.97 Å². The lowest BCUT2D eigenvalue weighted by Gasteiger charge is -1.86. The van der Waals surface area contributed by atoms with Crippen LogP contribution in [0.5, 0.6) is 0 Å². The van der Waals surface area contributed by atoms with Gasteiger partial charge in [-0.15, -0.1) is 0 Å². The van der Waals surface area contributed by atoms with Gasteiger partial charge in [0.1, 0.15) is 0 Å². The molecular weight excluding hydrogens is 332 g/mol. The van der Waals surface area contributed by atoms with Crippen LogP contribution >= 0.6 is 0 Å². The first-order chi connectivity index (χ1) is 13.3. The number of carbonyl (C=O) groups is 1. The number of aliphatic carboxylic acids is 1. The topological polar surface area (TPSA) is 37.3 Å². The van der Waals surface area contributed by atoms with Gasteiger partial charge in [0.05, 0.1) is 0 Å². The summed E-state index contributed by atoms with van der Waals surface area (Å²) in [5, 5.41) is 8.42. The van der Waals surface area contributed by atoms with Crippen molar-refractivity contribution in [2.75, 3.05) is 0 Å². The predicted molar refractivity (Wildman–Crippen MR) is 119 cm³/mol. The molecule has 0 aromatic rings. The van der Waals surface area contributed by atoms with Crippen molar-refractivity contribution in [3.05, 3.63) is 97.2 Å². The van der Waals surface area contributed by atoms with E-state index in [1.54, 1.807) is 6.08 Å². The summed E-state index contributed by atoms with van der Waals surface area (Å²) in [5.74, 6) is -0.923. The summed E-state index contributed by atoms with van der Waals surface area (Å²) in [6.07, 6.45) is 39.3. The quantitative estimate of drug-likeness (QED) is 0.188. The molecule has 0 spiro atoms. The summed E-state index contributed by atoms with van der Waals surface area (Å²) in [5.41, 5.74) is 0. The second-order valence-electron chi connectivity index (χ2n) is 5.78. The largest absolute Gasteiger partial charge is 0.478 e. The minimum absolute atomic E-state index is 0.814. The first-order valence-corrected chi connectivity index (χ1v) is 9.73. The monoisotopic (exact) mass is 366 g/mol. The third kappa shape index (κ3) is 23.4. The van der Waals surface area contributed by atoms with Crippen molar-refractivity contribution in [3.8, 4) is 0 Å². The van der Waals surface area contributed by atoms with E-state index in [-0.39, 0.29) is 0 Å². The Labute approximate surface area is 165 Å². The van der Waals surface area contributed by atoms with E-state index in [4.69, 9.17) is 5.11 Å². The van der Waals surface area contributed by atoms with E-state index in [0.717, 1.165) is 51.0 Å². The van der Waals surface area contributed by atoms with E-state index in [9.17, 15) is 4.79 Å². The molecule has 2 nitrogen and oxygen atoms in total. The molecule has 146 valence electrons. The average Bonchev–Trinajstić information content (AvgIpc) is 2.65. The minimum Gasteiger partial charge on any atom is -0.478 e. The van der Waals surface area contributed by atoms with Crippen molar-refractivity contribution in [1.29, 1.82) is 0 Å². The summed E-state index contributed by atoms with van der Waals surface area (Å²) in [7, 11) is 0. The van der Waals surface area contributed by atoms with Crippen molar-refractivity contribution in [2.24, 2.45) is 0 Å². The molecule has 0 atom stereocenters. The van der Waals surface area contributed by atoms with Crippen LogP contribution in [0.1, 0.15) is 51.9 Å². The summed E-state index contributed by atoms with van der Waals surface area (Å²) >= 11 is 0. The molecule has 0 heterocycles. The van der Waals surface area contributed by atoms with Crippen LogP contribution in [0, 0.1) is 0 Å². The van der Waals surface area contributed by atoms with E-state index in [2.05, 4.69) is 79.8 Å². The highest BCUT2D eigenvalue weighted by Gasteiger charge is 1.80. The highest BCUT2D eigenvalue weighted by Crippen LogP contribution is 1.97. The highest BCUT2D eigenvalue weighted by atomic mass is 16.4. The van der Waals surface area contributed by atoms with E-state index >= 15 is 0 Å². The summed E-state index contributed by atoms with van der Waals surface area (Å²) in [4.78, 5) is 10.3.